The van der Waals surface area contributed by atoms with E-state index in [1.807, 2.05) is 24.3 Å². The molecule has 0 saturated heterocycles. The fraction of sp³-hybridized carbons (Fsp3) is 0.333. The number of anilines is 1. The summed E-state index contributed by atoms with van der Waals surface area (Å²) < 4.78 is 6.96. The third-order valence-electron chi connectivity index (χ3n) is 3.16. The third-order valence-corrected chi connectivity index (χ3v) is 3.16. The maximum Gasteiger partial charge on any atom is 0.261 e. The molecule has 0 aliphatic carbocycles. The van der Waals surface area contributed by atoms with Crippen LogP contribution in [0, 0.1) is 0 Å². The molecule has 6 nitrogen and oxygen atoms in total. The number of nitrogens with zero attached hydrogens (tertiary/aromatic N) is 3. The molecule has 2 aromatic rings. The Morgan fingerprint density at radius 2 is 2.19 bits per heavy atom. The van der Waals surface area contributed by atoms with Crippen LogP contribution in [0.1, 0.15) is 16.8 Å². The minimum atomic E-state index is -0.110. The van der Waals surface area contributed by atoms with Gasteiger partial charge in [-0.2, -0.15) is 5.10 Å². The zero-order valence-electron chi connectivity index (χ0n) is 12.3. The monoisotopic (exact) mass is 288 g/mol. The molecule has 0 bridgehead atoms. The van der Waals surface area contributed by atoms with Gasteiger partial charge in [-0.25, -0.2) is 0 Å². The summed E-state index contributed by atoms with van der Waals surface area (Å²) in [6.45, 7) is 1.05. The number of aromatic nitrogens is 2. The van der Waals surface area contributed by atoms with Gasteiger partial charge in [0.05, 0.1) is 24.6 Å². The average molecular weight is 288 g/mol. The molecule has 112 valence electrons. The molecule has 0 unspecified atom stereocenters. The highest BCUT2D eigenvalue weighted by molar-refractivity contribution is 6.06. The molecular formula is C15H20N4O2. The number of hydrogen-bond acceptors (Lipinski definition) is 4. The van der Waals surface area contributed by atoms with Gasteiger partial charge in [-0.15, -0.1) is 0 Å². The molecule has 1 aromatic carbocycles. The second-order valence-corrected chi connectivity index (χ2v) is 4.67. The second-order valence-electron chi connectivity index (χ2n) is 4.67. The molecule has 2 N–H and O–H groups in total. The minimum absolute atomic E-state index is 0.110. The van der Waals surface area contributed by atoms with Gasteiger partial charge in [0.15, 0.2) is 0 Å². The molecule has 21 heavy (non-hydrogen) atoms. The molecule has 1 amide bonds. The molecule has 6 heteroatoms. The number of para-hydroxylation sites is 2. The predicted molar refractivity (Wildman–Crippen MR) is 81.5 cm³/mol. The zero-order valence-corrected chi connectivity index (χ0v) is 12.3. The van der Waals surface area contributed by atoms with Gasteiger partial charge >= 0.3 is 0 Å². The zero-order chi connectivity index (χ0) is 15.2. The van der Waals surface area contributed by atoms with Crippen LogP contribution in [0.25, 0.3) is 0 Å². The number of ether oxygens (including phenoxy) is 1. The van der Waals surface area contributed by atoms with Crippen LogP contribution in [0.15, 0.2) is 36.7 Å². The molecular weight excluding hydrogens is 268 g/mol. The normalized spacial score (nSPS) is 10.4. The van der Waals surface area contributed by atoms with E-state index in [-0.39, 0.29) is 5.91 Å². The van der Waals surface area contributed by atoms with Crippen molar-refractivity contribution in [3.63, 3.8) is 0 Å². The van der Waals surface area contributed by atoms with Crippen molar-refractivity contribution < 1.29 is 9.53 Å². The van der Waals surface area contributed by atoms with Crippen LogP contribution in [-0.2, 0) is 7.05 Å². The van der Waals surface area contributed by atoms with Crippen LogP contribution in [0.5, 0.6) is 5.75 Å². The van der Waals surface area contributed by atoms with Gasteiger partial charge in [0.1, 0.15) is 5.75 Å². The standard InChI is InChI=1S/C15H20N4O2/c1-18-11-12(10-17-18)15(20)19(9-5-8-16)13-6-3-4-7-14(13)21-2/h3-4,6-7,10-11H,5,8-9,16H2,1-2H3. The van der Waals surface area contributed by atoms with E-state index >= 15 is 0 Å². The molecule has 1 heterocycles. The van der Waals surface area contributed by atoms with E-state index in [0.717, 1.165) is 5.69 Å². The van der Waals surface area contributed by atoms with Crippen molar-refractivity contribution >= 4 is 11.6 Å². The third kappa shape index (κ3) is 3.41. The first-order valence-corrected chi connectivity index (χ1v) is 6.81. The number of nitrogens with two attached hydrogens (primary N) is 1. The van der Waals surface area contributed by atoms with Crippen molar-refractivity contribution in [2.45, 2.75) is 6.42 Å². The highest BCUT2D eigenvalue weighted by Gasteiger charge is 2.21. The van der Waals surface area contributed by atoms with Crippen molar-refractivity contribution in [1.29, 1.82) is 0 Å². The second kappa shape index (κ2) is 6.90. The molecule has 0 aliphatic rings. The summed E-state index contributed by atoms with van der Waals surface area (Å²) in [5.41, 5.74) is 6.86. The maximum atomic E-state index is 12.7. The highest BCUT2D eigenvalue weighted by atomic mass is 16.5. The summed E-state index contributed by atoms with van der Waals surface area (Å²) in [7, 11) is 3.37. The van der Waals surface area contributed by atoms with Gasteiger partial charge < -0.3 is 15.4 Å². The summed E-state index contributed by atoms with van der Waals surface area (Å²) >= 11 is 0. The lowest BCUT2D eigenvalue weighted by atomic mass is 10.2. The molecule has 0 fully saturated rings. The lowest BCUT2D eigenvalue weighted by molar-refractivity contribution is 0.0986. The van der Waals surface area contributed by atoms with Crippen LogP contribution in [-0.4, -0.2) is 35.9 Å². The first kappa shape index (κ1) is 15.1. The van der Waals surface area contributed by atoms with E-state index in [0.29, 0.717) is 30.8 Å². The number of benzene rings is 1. The van der Waals surface area contributed by atoms with Crippen molar-refractivity contribution in [2.24, 2.45) is 12.8 Å². The van der Waals surface area contributed by atoms with Crippen molar-refractivity contribution in [3.05, 3.63) is 42.2 Å². The summed E-state index contributed by atoms with van der Waals surface area (Å²) in [4.78, 5) is 14.4. The number of hydrogen-bond donors (Lipinski definition) is 1. The van der Waals surface area contributed by atoms with Gasteiger partial charge in [-0.05, 0) is 25.1 Å². The van der Waals surface area contributed by atoms with Crippen LogP contribution in [0.4, 0.5) is 5.69 Å². The number of rotatable bonds is 6. The smallest absolute Gasteiger partial charge is 0.261 e. The Labute approximate surface area is 124 Å². The number of carbonyl (C=O) groups excluding carboxylic acids is 1. The maximum absolute atomic E-state index is 12.7. The molecule has 0 atom stereocenters. The fourth-order valence-electron chi connectivity index (χ4n) is 2.12. The lowest BCUT2D eigenvalue weighted by Gasteiger charge is -2.24. The van der Waals surface area contributed by atoms with Crippen molar-refractivity contribution in [2.75, 3.05) is 25.1 Å². The molecule has 0 aliphatic heterocycles. The number of amides is 1. The predicted octanol–water partition coefficient (Wildman–Crippen LogP) is 1.42. The van der Waals surface area contributed by atoms with E-state index < -0.39 is 0 Å². The van der Waals surface area contributed by atoms with Crippen LogP contribution in [0.2, 0.25) is 0 Å². The van der Waals surface area contributed by atoms with Gasteiger partial charge in [0.25, 0.3) is 5.91 Å². The Bertz CT molecular complexity index is 609. The van der Waals surface area contributed by atoms with Gasteiger partial charge in [-0.1, -0.05) is 12.1 Å². The van der Waals surface area contributed by atoms with Crippen molar-refractivity contribution in [1.82, 2.24) is 9.78 Å². The molecule has 1 aromatic heterocycles. The van der Waals surface area contributed by atoms with Crippen LogP contribution in [0.3, 0.4) is 0 Å². The number of aryl methyl sites for hydroxylation is 1. The van der Waals surface area contributed by atoms with Crippen LogP contribution >= 0.6 is 0 Å². The number of carbonyl (C=O) groups is 1. The minimum Gasteiger partial charge on any atom is -0.495 e. The Balaban J connectivity index is 2.35. The first-order valence-electron chi connectivity index (χ1n) is 6.81. The SMILES string of the molecule is COc1ccccc1N(CCCN)C(=O)c1cnn(C)c1. The quantitative estimate of drug-likeness (QED) is 0.872. The topological polar surface area (TPSA) is 73.4 Å². The summed E-state index contributed by atoms with van der Waals surface area (Å²) in [6, 6.07) is 7.45. The van der Waals surface area contributed by atoms with E-state index in [1.54, 1.807) is 36.1 Å². The summed E-state index contributed by atoms with van der Waals surface area (Å²) in [5, 5.41) is 4.05. The Kier molecular flexibility index (Phi) is 4.94. The molecule has 0 spiro atoms. The van der Waals surface area contributed by atoms with E-state index in [2.05, 4.69) is 5.10 Å². The number of methoxy groups -OCH3 is 1. The fourth-order valence-corrected chi connectivity index (χ4v) is 2.12. The summed E-state index contributed by atoms with van der Waals surface area (Å²) in [5.74, 6) is 0.549. The van der Waals surface area contributed by atoms with Crippen molar-refractivity contribution in [3.8, 4) is 5.75 Å². The Morgan fingerprint density at radius 1 is 1.43 bits per heavy atom. The van der Waals surface area contributed by atoms with E-state index in [1.165, 1.54) is 0 Å². The highest BCUT2D eigenvalue weighted by Crippen LogP contribution is 2.29. The van der Waals surface area contributed by atoms with Gasteiger partial charge in [0.2, 0.25) is 0 Å². The molecule has 0 saturated carbocycles. The Hall–Kier alpha value is -2.34. The van der Waals surface area contributed by atoms with Gasteiger partial charge in [-0.3, -0.25) is 9.48 Å². The van der Waals surface area contributed by atoms with Gasteiger partial charge in [0, 0.05) is 19.8 Å². The molecule has 0 radical (unpaired) electrons. The lowest BCUT2D eigenvalue weighted by Crippen LogP contribution is -2.33. The van der Waals surface area contributed by atoms with E-state index in [9.17, 15) is 4.79 Å². The molecule has 2 rings (SSSR count). The van der Waals surface area contributed by atoms with Crippen LogP contribution < -0.4 is 15.4 Å². The average Bonchev–Trinajstić information content (AvgIpc) is 2.94. The van der Waals surface area contributed by atoms with E-state index in [4.69, 9.17) is 10.5 Å². The Morgan fingerprint density at radius 3 is 2.81 bits per heavy atom. The summed E-state index contributed by atoms with van der Waals surface area (Å²) in [6.07, 6.45) is 3.98. The largest absolute Gasteiger partial charge is 0.495 e. The first-order chi connectivity index (χ1) is 10.2.